The zero-order chi connectivity index (χ0) is 15.2. The summed E-state index contributed by atoms with van der Waals surface area (Å²) in [7, 11) is 1.86. The highest BCUT2D eigenvalue weighted by Crippen LogP contribution is 2.26. The molecule has 1 fully saturated rings. The first kappa shape index (κ1) is 13.8. The van der Waals surface area contributed by atoms with Crippen LogP contribution >= 0.6 is 0 Å². The van der Waals surface area contributed by atoms with Gasteiger partial charge in [-0.2, -0.15) is 5.10 Å². The van der Waals surface area contributed by atoms with E-state index in [1.165, 1.54) is 0 Å². The van der Waals surface area contributed by atoms with Crippen LogP contribution in [0.25, 0.3) is 11.0 Å². The molecule has 3 heterocycles. The molecule has 0 bridgehead atoms. The number of nitrogens with zero attached hydrogens (tertiary/aromatic N) is 5. The molecule has 3 rings (SSSR count). The Morgan fingerprint density at radius 3 is 2.71 bits per heavy atom. The molecule has 1 N–H and O–H groups in total. The van der Waals surface area contributed by atoms with Gasteiger partial charge in [0.05, 0.1) is 17.6 Å². The van der Waals surface area contributed by atoms with Crippen molar-refractivity contribution in [3.05, 3.63) is 12.5 Å². The van der Waals surface area contributed by atoms with Crippen molar-refractivity contribution in [3.8, 4) is 0 Å². The van der Waals surface area contributed by atoms with Crippen LogP contribution in [0.3, 0.4) is 0 Å². The van der Waals surface area contributed by atoms with Crippen LogP contribution in [0.1, 0.15) is 20.8 Å². The first-order valence-electron chi connectivity index (χ1n) is 7.05. The average Bonchev–Trinajstić information content (AvgIpc) is 2.74. The van der Waals surface area contributed by atoms with Gasteiger partial charge in [0.2, 0.25) is 5.91 Å². The van der Waals surface area contributed by atoms with E-state index in [1.54, 1.807) is 17.2 Å². The summed E-state index contributed by atoms with van der Waals surface area (Å²) in [6, 6.07) is 0.179. The second-order valence-electron chi connectivity index (χ2n) is 6.53. The largest absolute Gasteiger partial charge is 0.352 e. The van der Waals surface area contributed by atoms with E-state index in [1.807, 2.05) is 27.8 Å². The van der Waals surface area contributed by atoms with Crippen LogP contribution in [-0.2, 0) is 11.8 Å². The Morgan fingerprint density at radius 1 is 1.33 bits per heavy atom. The van der Waals surface area contributed by atoms with Crippen molar-refractivity contribution < 1.29 is 4.79 Å². The van der Waals surface area contributed by atoms with Crippen LogP contribution in [0.2, 0.25) is 0 Å². The summed E-state index contributed by atoms with van der Waals surface area (Å²) < 4.78 is 1.74. The number of nitrogens with one attached hydrogen (secondary N) is 1. The number of hydrogen-bond donors (Lipinski definition) is 1. The zero-order valence-electron chi connectivity index (χ0n) is 12.8. The molecule has 112 valence electrons. The molecule has 0 aromatic carbocycles. The lowest BCUT2D eigenvalue weighted by Gasteiger charge is -2.41. The van der Waals surface area contributed by atoms with Crippen LogP contribution in [0.15, 0.2) is 12.5 Å². The summed E-state index contributed by atoms with van der Waals surface area (Å²) in [4.78, 5) is 22.7. The topological polar surface area (TPSA) is 75.9 Å². The molecular weight excluding hydrogens is 268 g/mol. The van der Waals surface area contributed by atoms with Crippen LogP contribution in [0, 0.1) is 5.41 Å². The van der Waals surface area contributed by atoms with E-state index in [0.29, 0.717) is 0 Å². The predicted molar refractivity (Wildman–Crippen MR) is 79.9 cm³/mol. The van der Waals surface area contributed by atoms with E-state index in [4.69, 9.17) is 0 Å². The third-order valence-corrected chi connectivity index (χ3v) is 3.71. The van der Waals surface area contributed by atoms with Gasteiger partial charge in [-0.1, -0.05) is 20.8 Å². The quantitative estimate of drug-likeness (QED) is 0.881. The first-order valence-corrected chi connectivity index (χ1v) is 7.05. The maximum Gasteiger partial charge on any atom is 0.225 e. The third-order valence-electron chi connectivity index (χ3n) is 3.71. The molecule has 0 radical (unpaired) electrons. The van der Waals surface area contributed by atoms with Crippen LogP contribution < -0.4 is 10.2 Å². The Morgan fingerprint density at radius 2 is 2.05 bits per heavy atom. The van der Waals surface area contributed by atoms with Crippen molar-refractivity contribution in [1.82, 2.24) is 25.1 Å². The first-order chi connectivity index (χ1) is 9.86. The number of anilines is 1. The van der Waals surface area contributed by atoms with Gasteiger partial charge in [-0.25, -0.2) is 9.97 Å². The number of fused-ring (bicyclic) bond motifs is 1. The third kappa shape index (κ3) is 2.43. The molecule has 1 aliphatic heterocycles. The standard InChI is InChI=1S/C14H20N6O/c1-14(2,3)13(21)18-9-6-20(7-9)12-10-5-17-19(4)11(10)15-8-16-12/h5,8-9H,6-7H2,1-4H3,(H,18,21). The summed E-state index contributed by atoms with van der Waals surface area (Å²) in [5.74, 6) is 0.968. The minimum atomic E-state index is -0.355. The molecule has 0 spiro atoms. The Kier molecular flexibility index (Phi) is 3.07. The molecule has 2 aromatic rings. The number of carbonyl (C=O) groups excluding carboxylic acids is 1. The van der Waals surface area contributed by atoms with Gasteiger partial charge in [-0.3, -0.25) is 9.48 Å². The molecule has 1 amide bonds. The van der Waals surface area contributed by atoms with E-state index in [0.717, 1.165) is 29.9 Å². The second-order valence-corrected chi connectivity index (χ2v) is 6.53. The maximum absolute atomic E-state index is 12.0. The number of amides is 1. The van der Waals surface area contributed by atoms with Crippen molar-refractivity contribution in [2.75, 3.05) is 18.0 Å². The van der Waals surface area contributed by atoms with E-state index < -0.39 is 0 Å². The second kappa shape index (κ2) is 4.68. The highest BCUT2D eigenvalue weighted by atomic mass is 16.2. The van der Waals surface area contributed by atoms with Gasteiger partial charge >= 0.3 is 0 Å². The number of hydrogen-bond acceptors (Lipinski definition) is 5. The monoisotopic (exact) mass is 288 g/mol. The molecule has 7 nitrogen and oxygen atoms in total. The minimum absolute atomic E-state index is 0.0846. The fraction of sp³-hybridized carbons (Fsp3) is 0.571. The molecule has 0 saturated carbocycles. The lowest BCUT2D eigenvalue weighted by atomic mass is 9.94. The Hall–Kier alpha value is -2.18. The van der Waals surface area contributed by atoms with Crippen LogP contribution in [0.4, 0.5) is 5.82 Å². The van der Waals surface area contributed by atoms with Crippen molar-refractivity contribution in [3.63, 3.8) is 0 Å². The molecular formula is C14H20N6O. The van der Waals surface area contributed by atoms with Gasteiger partial charge < -0.3 is 10.2 Å². The van der Waals surface area contributed by atoms with Gasteiger partial charge in [-0.05, 0) is 0 Å². The van der Waals surface area contributed by atoms with E-state index in [-0.39, 0.29) is 17.4 Å². The summed E-state index contributed by atoms with van der Waals surface area (Å²) >= 11 is 0. The van der Waals surface area contributed by atoms with E-state index in [9.17, 15) is 4.79 Å². The Bertz CT molecular complexity index is 680. The molecule has 7 heteroatoms. The molecule has 0 atom stereocenters. The average molecular weight is 288 g/mol. The number of carbonyl (C=O) groups is 1. The molecule has 2 aromatic heterocycles. The van der Waals surface area contributed by atoms with Crippen LogP contribution in [0.5, 0.6) is 0 Å². The molecule has 1 aliphatic rings. The highest BCUT2D eigenvalue weighted by molar-refractivity contribution is 5.87. The summed E-state index contributed by atoms with van der Waals surface area (Å²) in [5.41, 5.74) is 0.466. The summed E-state index contributed by atoms with van der Waals surface area (Å²) in [6.45, 7) is 7.29. The zero-order valence-corrected chi connectivity index (χ0v) is 12.8. The van der Waals surface area contributed by atoms with Crippen molar-refractivity contribution in [1.29, 1.82) is 0 Å². The highest BCUT2D eigenvalue weighted by Gasteiger charge is 2.33. The van der Waals surface area contributed by atoms with Gasteiger partial charge in [-0.15, -0.1) is 0 Å². The fourth-order valence-corrected chi connectivity index (χ4v) is 2.35. The molecule has 1 saturated heterocycles. The smallest absolute Gasteiger partial charge is 0.225 e. The van der Waals surface area contributed by atoms with Crippen LogP contribution in [-0.4, -0.2) is 44.8 Å². The molecule has 0 unspecified atom stereocenters. The van der Waals surface area contributed by atoms with Gasteiger partial charge in [0, 0.05) is 25.6 Å². The lowest BCUT2D eigenvalue weighted by molar-refractivity contribution is -0.129. The predicted octanol–water partition coefficient (Wildman–Crippen LogP) is 0.714. The van der Waals surface area contributed by atoms with Crippen molar-refractivity contribution in [2.45, 2.75) is 26.8 Å². The van der Waals surface area contributed by atoms with Gasteiger partial charge in [0.25, 0.3) is 0 Å². The number of rotatable bonds is 2. The van der Waals surface area contributed by atoms with Crippen molar-refractivity contribution >= 4 is 22.8 Å². The minimum Gasteiger partial charge on any atom is -0.352 e. The Labute approximate surface area is 123 Å². The summed E-state index contributed by atoms with van der Waals surface area (Å²) in [5, 5.41) is 8.22. The SMILES string of the molecule is Cn1ncc2c(N3CC(NC(=O)C(C)(C)C)C3)ncnc21. The van der Waals surface area contributed by atoms with Gasteiger partial charge in [0.15, 0.2) is 5.65 Å². The van der Waals surface area contributed by atoms with Gasteiger partial charge in [0.1, 0.15) is 12.1 Å². The summed E-state index contributed by atoms with van der Waals surface area (Å²) in [6.07, 6.45) is 3.34. The Balaban J connectivity index is 1.70. The van der Waals surface area contributed by atoms with E-state index in [2.05, 4.69) is 25.3 Å². The fourth-order valence-electron chi connectivity index (χ4n) is 2.35. The number of aryl methyl sites for hydroxylation is 1. The lowest BCUT2D eigenvalue weighted by Crippen LogP contribution is -2.61. The number of aromatic nitrogens is 4. The molecule has 21 heavy (non-hydrogen) atoms. The maximum atomic E-state index is 12.0. The van der Waals surface area contributed by atoms with Crippen molar-refractivity contribution in [2.24, 2.45) is 12.5 Å². The van der Waals surface area contributed by atoms with E-state index >= 15 is 0 Å². The normalized spacial score (nSPS) is 16.1. The molecule has 0 aliphatic carbocycles.